The molecule has 0 heterocycles. The van der Waals surface area contributed by atoms with Gasteiger partial charge in [-0.2, -0.15) is 0 Å². The van der Waals surface area contributed by atoms with Gasteiger partial charge in [0.05, 0.1) is 0 Å². The van der Waals surface area contributed by atoms with E-state index in [1.807, 2.05) is 6.08 Å². The molecule has 0 amide bonds. The predicted octanol–water partition coefficient (Wildman–Crippen LogP) is 3.00. The minimum absolute atomic E-state index is 0.169. The van der Waals surface area contributed by atoms with Crippen LogP contribution in [0.3, 0.4) is 0 Å². The molecule has 0 aromatic carbocycles. The van der Waals surface area contributed by atoms with Gasteiger partial charge in [0.1, 0.15) is 0 Å². The Hall–Kier alpha value is -0.340. The molecule has 1 N–H and O–H groups in total. The van der Waals surface area contributed by atoms with Gasteiger partial charge in [0, 0.05) is 19.8 Å². The fraction of sp³-hybridized carbons (Fsp3) is 0.846. The zero-order valence-corrected chi connectivity index (χ0v) is 10.6. The maximum absolute atomic E-state index is 5.58. The van der Waals surface area contributed by atoms with E-state index in [2.05, 4.69) is 32.7 Å². The van der Waals surface area contributed by atoms with Crippen LogP contribution in [0.5, 0.6) is 0 Å². The van der Waals surface area contributed by atoms with E-state index in [-0.39, 0.29) is 5.41 Å². The van der Waals surface area contributed by atoms with Crippen molar-refractivity contribution in [2.24, 2.45) is 5.41 Å². The fourth-order valence-electron chi connectivity index (χ4n) is 1.33. The van der Waals surface area contributed by atoms with Gasteiger partial charge in [-0.15, -0.1) is 6.58 Å². The fourth-order valence-corrected chi connectivity index (χ4v) is 1.33. The molecule has 0 bridgehead atoms. The first-order chi connectivity index (χ1) is 7.18. The van der Waals surface area contributed by atoms with Crippen molar-refractivity contribution in [3.8, 4) is 0 Å². The molecule has 1 atom stereocenters. The highest BCUT2D eigenvalue weighted by molar-refractivity contribution is 4.92. The molecular weight excluding hydrogens is 186 g/mol. The molecule has 15 heavy (non-hydrogen) atoms. The van der Waals surface area contributed by atoms with Crippen molar-refractivity contribution < 1.29 is 4.74 Å². The summed E-state index contributed by atoms with van der Waals surface area (Å²) in [5.74, 6) is 0. The standard InChI is InChI=1S/C13H27NO/c1-5-8-10-15-11-9-13(4,6-2)12-14-7-3/h6,14H,2,5,7-12H2,1,3-4H3. The SMILES string of the molecule is C=CC(C)(CCOCCCC)CNCC. The van der Waals surface area contributed by atoms with E-state index in [1.165, 1.54) is 6.42 Å². The van der Waals surface area contributed by atoms with Crippen molar-refractivity contribution in [1.82, 2.24) is 5.32 Å². The Morgan fingerprint density at radius 1 is 1.33 bits per heavy atom. The molecule has 0 saturated carbocycles. The molecule has 0 aliphatic carbocycles. The van der Waals surface area contributed by atoms with Gasteiger partial charge >= 0.3 is 0 Å². The van der Waals surface area contributed by atoms with Gasteiger partial charge in [0.25, 0.3) is 0 Å². The molecular formula is C13H27NO. The third kappa shape index (κ3) is 7.57. The lowest BCUT2D eigenvalue weighted by atomic mass is 9.87. The van der Waals surface area contributed by atoms with Crippen molar-refractivity contribution in [3.05, 3.63) is 12.7 Å². The molecule has 90 valence electrons. The van der Waals surface area contributed by atoms with Crippen LogP contribution in [-0.2, 0) is 4.74 Å². The number of ether oxygens (including phenoxy) is 1. The van der Waals surface area contributed by atoms with Gasteiger partial charge in [-0.25, -0.2) is 0 Å². The Morgan fingerprint density at radius 2 is 2.07 bits per heavy atom. The topological polar surface area (TPSA) is 21.3 Å². The smallest absolute Gasteiger partial charge is 0.0474 e. The summed E-state index contributed by atoms with van der Waals surface area (Å²) in [6, 6.07) is 0. The average Bonchev–Trinajstić information content (AvgIpc) is 2.26. The van der Waals surface area contributed by atoms with E-state index >= 15 is 0 Å². The molecule has 2 heteroatoms. The Morgan fingerprint density at radius 3 is 2.60 bits per heavy atom. The number of hydrogen-bond acceptors (Lipinski definition) is 2. The Kier molecular flexibility index (Phi) is 8.73. The zero-order chi connectivity index (χ0) is 11.6. The van der Waals surface area contributed by atoms with Gasteiger partial charge in [-0.05, 0) is 24.8 Å². The average molecular weight is 213 g/mol. The second-order valence-electron chi connectivity index (χ2n) is 4.35. The molecule has 0 radical (unpaired) electrons. The quantitative estimate of drug-likeness (QED) is 0.445. The molecule has 0 aromatic rings. The lowest BCUT2D eigenvalue weighted by Crippen LogP contribution is -2.31. The lowest BCUT2D eigenvalue weighted by molar-refractivity contribution is 0.108. The minimum atomic E-state index is 0.169. The van der Waals surface area contributed by atoms with Crippen LogP contribution >= 0.6 is 0 Å². The van der Waals surface area contributed by atoms with E-state index in [1.54, 1.807) is 0 Å². The highest BCUT2D eigenvalue weighted by Gasteiger charge is 2.18. The third-order valence-corrected chi connectivity index (χ3v) is 2.73. The second-order valence-corrected chi connectivity index (χ2v) is 4.35. The number of rotatable bonds is 10. The summed E-state index contributed by atoms with van der Waals surface area (Å²) in [6.07, 6.45) is 5.46. The van der Waals surface area contributed by atoms with Crippen LogP contribution < -0.4 is 5.32 Å². The minimum Gasteiger partial charge on any atom is -0.381 e. The van der Waals surface area contributed by atoms with E-state index in [0.717, 1.165) is 39.1 Å². The molecule has 0 saturated heterocycles. The van der Waals surface area contributed by atoms with Gasteiger partial charge in [0.2, 0.25) is 0 Å². The molecule has 0 rings (SSSR count). The molecule has 0 aliphatic rings. The summed E-state index contributed by atoms with van der Waals surface area (Å²) in [7, 11) is 0. The molecule has 1 unspecified atom stereocenters. The van der Waals surface area contributed by atoms with Crippen LogP contribution in [0.25, 0.3) is 0 Å². The monoisotopic (exact) mass is 213 g/mol. The van der Waals surface area contributed by atoms with Crippen LogP contribution in [0.15, 0.2) is 12.7 Å². The Balaban J connectivity index is 3.63. The molecule has 0 aliphatic heterocycles. The lowest BCUT2D eigenvalue weighted by Gasteiger charge is -2.25. The summed E-state index contributed by atoms with van der Waals surface area (Å²) >= 11 is 0. The predicted molar refractivity (Wildman–Crippen MR) is 67.2 cm³/mol. The maximum Gasteiger partial charge on any atom is 0.0474 e. The largest absolute Gasteiger partial charge is 0.381 e. The molecule has 2 nitrogen and oxygen atoms in total. The van der Waals surface area contributed by atoms with Crippen LogP contribution in [0, 0.1) is 5.41 Å². The summed E-state index contributed by atoms with van der Waals surface area (Å²) in [6.45, 7) is 14.2. The molecule has 0 fully saturated rings. The van der Waals surface area contributed by atoms with E-state index < -0.39 is 0 Å². The zero-order valence-electron chi connectivity index (χ0n) is 10.6. The normalized spacial score (nSPS) is 14.9. The van der Waals surface area contributed by atoms with Gasteiger partial charge in [0.15, 0.2) is 0 Å². The van der Waals surface area contributed by atoms with Gasteiger partial charge in [-0.1, -0.05) is 33.3 Å². The highest BCUT2D eigenvalue weighted by atomic mass is 16.5. The van der Waals surface area contributed by atoms with Gasteiger partial charge < -0.3 is 10.1 Å². The van der Waals surface area contributed by atoms with Crippen molar-refractivity contribution in [2.75, 3.05) is 26.3 Å². The maximum atomic E-state index is 5.58. The first-order valence-electron chi connectivity index (χ1n) is 6.10. The van der Waals surface area contributed by atoms with Crippen LogP contribution in [0.1, 0.15) is 40.0 Å². The van der Waals surface area contributed by atoms with Crippen LogP contribution in [0.4, 0.5) is 0 Å². The van der Waals surface area contributed by atoms with Crippen molar-refractivity contribution in [3.63, 3.8) is 0 Å². The Bertz CT molecular complexity index is 159. The molecule has 0 spiro atoms. The van der Waals surface area contributed by atoms with Crippen molar-refractivity contribution >= 4 is 0 Å². The van der Waals surface area contributed by atoms with E-state index in [9.17, 15) is 0 Å². The first kappa shape index (κ1) is 14.7. The van der Waals surface area contributed by atoms with Crippen molar-refractivity contribution in [2.45, 2.75) is 40.0 Å². The van der Waals surface area contributed by atoms with E-state index in [0.29, 0.717) is 0 Å². The summed E-state index contributed by atoms with van der Waals surface area (Å²) in [5.41, 5.74) is 0.169. The highest BCUT2D eigenvalue weighted by Crippen LogP contribution is 2.21. The van der Waals surface area contributed by atoms with E-state index in [4.69, 9.17) is 4.74 Å². The van der Waals surface area contributed by atoms with Crippen molar-refractivity contribution in [1.29, 1.82) is 0 Å². The Labute approximate surface area is 95.1 Å². The summed E-state index contributed by atoms with van der Waals surface area (Å²) in [5, 5.41) is 3.37. The van der Waals surface area contributed by atoms with Crippen LogP contribution in [0.2, 0.25) is 0 Å². The number of hydrogen-bond donors (Lipinski definition) is 1. The number of nitrogens with one attached hydrogen (secondary N) is 1. The summed E-state index contributed by atoms with van der Waals surface area (Å²) < 4.78 is 5.58. The first-order valence-corrected chi connectivity index (χ1v) is 6.10. The summed E-state index contributed by atoms with van der Waals surface area (Å²) in [4.78, 5) is 0. The molecule has 0 aromatic heterocycles. The number of unbranched alkanes of at least 4 members (excludes halogenated alkanes) is 1. The second kappa shape index (κ2) is 8.93. The van der Waals surface area contributed by atoms with Gasteiger partial charge in [-0.3, -0.25) is 0 Å². The van der Waals surface area contributed by atoms with Crippen LogP contribution in [-0.4, -0.2) is 26.3 Å². The third-order valence-electron chi connectivity index (χ3n) is 2.73.